The number of hydrogen-bond donors (Lipinski definition) is 3. The molecule has 10 nitrogen and oxygen atoms in total. The van der Waals surface area contributed by atoms with Crippen LogP contribution in [-0.2, 0) is 27.2 Å². The number of aromatic nitrogens is 2. The fraction of sp³-hybridized carbons (Fsp3) is 0.464. The molecule has 1 aliphatic heterocycles. The lowest BCUT2D eigenvalue weighted by atomic mass is 9.86. The number of hydrogen-bond acceptors (Lipinski definition) is 8. The maximum Gasteiger partial charge on any atom is 0.309 e. The highest BCUT2D eigenvalue weighted by atomic mass is 16.5. The minimum absolute atomic E-state index is 0.154. The van der Waals surface area contributed by atoms with E-state index < -0.39 is 11.4 Å². The fourth-order valence-electron chi connectivity index (χ4n) is 4.01. The maximum atomic E-state index is 12.7. The summed E-state index contributed by atoms with van der Waals surface area (Å²) >= 11 is 0. The summed E-state index contributed by atoms with van der Waals surface area (Å²) in [5.74, 6) is 0.203. The zero-order chi connectivity index (χ0) is 27.7. The van der Waals surface area contributed by atoms with Crippen LogP contribution in [0.4, 0.5) is 11.8 Å². The molecule has 2 aromatic rings. The molecule has 0 aliphatic carbocycles. The molecule has 2 heterocycles. The summed E-state index contributed by atoms with van der Waals surface area (Å²) in [4.78, 5) is 39.1. The molecule has 10 heteroatoms. The Bertz CT molecular complexity index is 1180. The molecule has 0 fully saturated rings. The van der Waals surface area contributed by atoms with Gasteiger partial charge in [-0.05, 0) is 57.2 Å². The number of ether oxygens (including phenoxy) is 1. The van der Waals surface area contributed by atoms with Crippen molar-refractivity contribution in [2.75, 3.05) is 23.3 Å². The van der Waals surface area contributed by atoms with Crippen LogP contribution in [0, 0.1) is 5.41 Å². The van der Waals surface area contributed by atoms with Gasteiger partial charge in [-0.1, -0.05) is 31.2 Å². The van der Waals surface area contributed by atoms with Crippen LogP contribution in [0.25, 0.3) is 0 Å². The molecule has 204 valence electrons. The van der Waals surface area contributed by atoms with Crippen molar-refractivity contribution in [2.45, 2.75) is 65.9 Å². The minimum Gasteiger partial charge on any atom is -0.507 e. The summed E-state index contributed by atoms with van der Waals surface area (Å²) in [6.07, 6.45) is 5.69. The van der Waals surface area contributed by atoms with Gasteiger partial charge in [-0.25, -0.2) is 9.98 Å². The molecule has 0 radical (unpaired) electrons. The molecule has 0 spiro atoms. The molecule has 1 amide bonds. The number of aliphatic hydroxyl groups is 1. The number of carboxylic acid groups (broad SMARTS) is 1. The van der Waals surface area contributed by atoms with E-state index in [2.05, 4.69) is 27.2 Å². The largest absolute Gasteiger partial charge is 0.507 e. The van der Waals surface area contributed by atoms with Gasteiger partial charge in [-0.15, -0.1) is 0 Å². The molecule has 1 atom stereocenters. The van der Waals surface area contributed by atoms with Crippen LogP contribution in [0.1, 0.15) is 58.1 Å². The van der Waals surface area contributed by atoms with Crippen LogP contribution in [0.2, 0.25) is 0 Å². The third-order valence-electron chi connectivity index (χ3n) is 6.06. The van der Waals surface area contributed by atoms with Gasteiger partial charge < -0.3 is 25.2 Å². The van der Waals surface area contributed by atoms with Gasteiger partial charge in [0.1, 0.15) is 11.9 Å². The van der Waals surface area contributed by atoms with E-state index in [9.17, 15) is 19.8 Å². The molecule has 1 unspecified atom stereocenters. The third-order valence-corrected chi connectivity index (χ3v) is 6.06. The molecule has 0 saturated carbocycles. The highest BCUT2D eigenvalue weighted by Gasteiger charge is 2.27. The van der Waals surface area contributed by atoms with E-state index in [1.807, 2.05) is 36.1 Å². The number of rotatable bonds is 13. The zero-order valence-electron chi connectivity index (χ0n) is 22.5. The van der Waals surface area contributed by atoms with Crippen molar-refractivity contribution >= 4 is 29.9 Å². The second kappa shape index (κ2) is 13.0. The molecule has 38 heavy (non-hydrogen) atoms. The Kier molecular flexibility index (Phi) is 9.81. The Morgan fingerprint density at radius 2 is 1.89 bits per heavy atom. The van der Waals surface area contributed by atoms with E-state index in [4.69, 9.17) is 4.74 Å². The van der Waals surface area contributed by atoms with E-state index in [0.717, 1.165) is 17.5 Å². The number of carboxylic acids is 1. The Morgan fingerprint density at radius 1 is 1.18 bits per heavy atom. The number of aliphatic imine (C=N–C) groups is 1. The number of amides is 1. The van der Waals surface area contributed by atoms with E-state index in [1.54, 1.807) is 32.3 Å². The first kappa shape index (κ1) is 28.6. The number of carbonyl (C=O) groups is 2. The summed E-state index contributed by atoms with van der Waals surface area (Å²) in [7, 11) is 0. The predicted molar refractivity (Wildman–Crippen MR) is 146 cm³/mol. The van der Waals surface area contributed by atoms with Crippen molar-refractivity contribution in [3.05, 3.63) is 59.3 Å². The zero-order valence-corrected chi connectivity index (χ0v) is 22.5. The van der Waals surface area contributed by atoms with Gasteiger partial charge in [0.2, 0.25) is 11.9 Å². The molecule has 1 aliphatic rings. The Balaban J connectivity index is 1.60. The van der Waals surface area contributed by atoms with Crippen molar-refractivity contribution in [2.24, 2.45) is 10.4 Å². The topological polar surface area (TPSA) is 137 Å². The Morgan fingerprint density at radius 3 is 2.55 bits per heavy atom. The van der Waals surface area contributed by atoms with Crippen molar-refractivity contribution in [3.8, 4) is 0 Å². The van der Waals surface area contributed by atoms with E-state index in [0.29, 0.717) is 44.1 Å². The van der Waals surface area contributed by atoms with Gasteiger partial charge in [-0.2, -0.15) is 4.98 Å². The lowest BCUT2D eigenvalue weighted by molar-refractivity contribution is -0.146. The highest BCUT2D eigenvalue weighted by molar-refractivity contribution is 5.91. The van der Waals surface area contributed by atoms with Crippen LogP contribution in [0.3, 0.4) is 0 Å². The van der Waals surface area contributed by atoms with Gasteiger partial charge in [-0.3, -0.25) is 9.59 Å². The quantitative estimate of drug-likeness (QED) is 0.348. The number of nitrogens with zero attached hydrogens (tertiary/aromatic N) is 4. The molecule has 0 bridgehead atoms. The number of nitrogens with one attached hydrogen (secondary N) is 1. The first-order valence-electron chi connectivity index (χ1n) is 12.9. The lowest BCUT2D eigenvalue weighted by Gasteiger charge is -2.26. The van der Waals surface area contributed by atoms with Crippen molar-refractivity contribution in [1.82, 2.24) is 9.97 Å². The van der Waals surface area contributed by atoms with Crippen LogP contribution < -0.4 is 10.2 Å². The highest BCUT2D eigenvalue weighted by Crippen LogP contribution is 2.23. The maximum absolute atomic E-state index is 12.7. The molecule has 3 rings (SSSR count). The predicted octanol–water partition coefficient (Wildman–Crippen LogP) is 4.52. The number of benzene rings is 1. The normalized spacial score (nSPS) is 14.2. The molecule has 0 saturated heterocycles. The molecular weight excluding hydrogens is 486 g/mol. The number of aliphatic carboxylic acids is 1. The Hall–Kier alpha value is -3.95. The monoisotopic (exact) mass is 523 g/mol. The van der Waals surface area contributed by atoms with Crippen molar-refractivity contribution in [3.63, 3.8) is 0 Å². The average Bonchev–Trinajstić information content (AvgIpc) is 2.86. The van der Waals surface area contributed by atoms with Gasteiger partial charge in [0.25, 0.3) is 5.88 Å². The summed E-state index contributed by atoms with van der Waals surface area (Å²) < 4.78 is 5.85. The lowest BCUT2D eigenvalue weighted by Crippen LogP contribution is -2.34. The van der Waals surface area contributed by atoms with E-state index >= 15 is 0 Å². The van der Waals surface area contributed by atoms with Gasteiger partial charge in [0.15, 0.2) is 5.76 Å². The third kappa shape index (κ3) is 8.29. The standard InChI is InChI=1S/C28H37N5O5/c1-5-15-33(18-19(2)38-25-22(34)7-6-13-29-25)27-30-14-12-23(32-27)31-24(35)16-20-8-10-21(11-9-20)17-28(3,4)26(36)37/h8-14,19,34H,5-7,15-18H2,1-4H3,(H,36,37)(H,30,31,32,35). The van der Waals surface area contributed by atoms with Crippen molar-refractivity contribution in [1.29, 1.82) is 0 Å². The van der Waals surface area contributed by atoms with Gasteiger partial charge in [0.05, 0.1) is 18.4 Å². The summed E-state index contributed by atoms with van der Waals surface area (Å²) in [6, 6.07) is 9.04. The van der Waals surface area contributed by atoms with Crippen LogP contribution >= 0.6 is 0 Å². The van der Waals surface area contributed by atoms with Crippen molar-refractivity contribution < 1.29 is 24.5 Å². The average molecular weight is 524 g/mol. The molecule has 3 N–H and O–H groups in total. The SMILES string of the molecule is CCCN(CC(C)OC1=C(O)CCC=N1)c1nccc(NC(=O)Cc2ccc(CC(C)(C)C(=O)O)cc2)n1. The Labute approximate surface area is 223 Å². The first-order valence-corrected chi connectivity index (χ1v) is 12.9. The summed E-state index contributed by atoms with van der Waals surface area (Å²) in [5, 5.41) is 22.2. The van der Waals surface area contributed by atoms with Gasteiger partial charge >= 0.3 is 5.97 Å². The van der Waals surface area contributed by atoms with Gasteiger partial charge in [0, 0.05) is 25.4 Å². The summed E-state index contributed by atoms with van der Waals surface area (Å²) in [5.41, 5.74) is 0.857. The molecule has 1 aromatic carbocycles. The second-order valence-corrected chi connectivity index (χ2v) is 10.1. The number of anilines is 2. The number of carbonyl (C=O) groups excluding carboxylic acids is 1. The number of allylic oxidation sites excluding steroid dienone is 1. The van der Waals surface area contributed by atoms with Crippen LogP contribution in [-0.4, -0.2) is 57.5 Å². The first-order chi connectivity index (χ1) is 18.1. The minimum atomic E-state index is -0.859. The van der Waals surface area contributed by atoms with E-state index in [-0.39, 0.29) is 30.1 Å². The van der Waals surface area contributed by atoms with Crippen LogP contribution in [0.5, 0.6) is 0 Å². The second-order valence-electron chi connectivity index (χ2n) is 10.1. The number of aliphatic hydroxyl groups excluding tert-OH is 1. The summed E-state index contributed by atoms with van der Waals surface area (Å²) in [6.45, 7) is 8.49. The molecule has 1 aromatic heterocycles. The van der Waals surface area contributed by atoms with E-state index in [1.165, 1.54) is 0 Å². The fourth-order valence-corrected chi connectivity index (χ4v) is 4.01. The smallest absolute Gasteiger partial charge is 0.309 e. The molecular formula is C28H37N5O5. The van der Waals surface area contributed by atoms with Crippen LogP contribution in [0.15, 0.2) is 53.2 Å².